The molecule has 2 N–H and O–H groups in total. The summed E-state index contributed by atoms with van der Waals surface area (Å²) in [6.07, 6.45) is 4.61. The van der Waals surface area contributed by atoms with Crippen molar-refractivity contribution < 1.29 is 56.5 Å². The van der Waals surface area contributed by atoms with Crippen LogP contribution in [0.25, 0.3) is 11.1 Å². The van der Waals surface area contributed by atoms with E-state index in [1.165, 1.54) is 7.05 Å². The summed E-state index contributed by atoms with van der Waals surface area (Å²) in [5.41, 5.74) is 5.72. The second kappa shape index (κ2) is 23.8. The molecule has 7 heterocycles. The molecule has 5 aliphatic heterocycles. The predicted octanol–water partition coefficient (Wildman–Crippen LogP) is 4.48. The molecule has 2 fully saturated rings. The van der Waals surface area contributed by atoms with Crippen molar-refractivity contribution in [1.82, 2.24) is 44.5 Å². The van der Waals surface area contributed by atoms with Crippen LogP contribution in [0.4, 0.5) is 30.8 Å². The molecule has 0 spiro atoms. The Balaban J connectivity index is 0.659. The zero-order chi connectivity index (χ0) is 52.8. The molecule has 5 aliphatic rings. The topological polar surface area (TPSA) is 215 Å². The number of benzene rings is 2. The Morgan fingerprint density at radius 3 is 2.19 bits per heavy atom. The Kier molecular flexibility index (Phi) is 16.8. The van der Waals surface area contributed by atoms with Gasteiger partial charge in [-0.3, -0.25) is 43.1 Å². The number of urea groups is 1. The summed E-state index contributed by atoms with van der Waals surface area (Å²) in [4.78, 5) is 84.5. The van der Waals surface area contributed by atoms with Crippen molar-refractivity contribution in [3.63, 3.8) is 0 Å². The maximum atomic E-state index is 14.7. The monoisotopic (exact) mass is 1040 g/mol. The maximum absolute atomic E-state index is 14.7. The van der Waals surface area contributed by atoms with Gasteiger partial charge in [0.05, 0.1) is 89.2 Å². The zero-order valence-electron chi connectivity index (χ0n) is 42.7. The molecule has 7 amide bonds. The highest BCUT2D eigenvalue weighted by Crippen LogP contribution is 2.44. The number of alkyl halides is 2. The van der Waals surface area contributed by atoms with Gasteiger partial charge in [-0.2, -0.15) is 10.2 Å². The summed E-state index contributed by atoms with van der Waals surface area (Å²) >= 11 is 0. The van der Waals surface area contributed by atoms with Crippen LogP contribution in [0, 0.1) is 0 Å². The Morgan fingerprint density at radius 2 is 1.49 bits per heavy atom. The van der Waals surface area contributed by atoms with Crippen molar-refractivity contribution in [2.24, 2.45) is 7.05 Å². The number of nitrogens with one attached hydrogen (secondary N) is 2. The normalized spacial score (nSPS) is 18.1. The minimum Gasteiger partial charge on any atom is -0.383 e. The molecule has 0 radical (unpaired) electrons. The van der Waals surface area contributed by atoms with Crippen molar-refractivity contribution in [1.29, 1.82) is 0 Å². The number of likely N-dealkylation sites (tertiary alicyclic amines) is 2. The number of nitrogens with zero attached hydrogens (tertiary/aromatic N) is 9. The van der Waals surface area contributed by atoms with Crippen molar-refractivity contribution in [3.05, 3.63) is 76.2 Å². The first-order valence-corrected chi connectivity index (χ1v) is 25.8. The van der Waals surface area contributed by atoms with Gasteiger partial charge in [-0.1, -0.05) is 0 Å². The van der Waals surface area contributed by atoms with E-state index >= 15 is 0 Å². The van der Waals surface area contributed by atoms with E-state index in [0.717, 1.165) is 39.5 Å². The average molecular weight is 1040 g/mol. The van der Waals surface area contributed by atoms with Gasteiger partial charge in [-0.05, 0) is 73.6 Å². The molecule has 402 valence electrons. The van der Waals surface area contributed by atoms with Gasteiger partial charge >= 0.3 is 6.03 Å². The first-order valence-electron chi connectivity index (χ1n) is 25.8. The number of rotatable bonds is 21. The molecule has 1 atom stereocenters. The summed E-state index contributed by atoms with van der Waals surface area (Å²) < 4.78 is 55.7. The van der Waals surface area contributed by atoms with E-state index in [0.29, 0.717) is 133 Å². The number of ether oxygens (including phenoxy) is 4. The number of carbonyl (C=O) groups excluding carboxylic acids is 6. The Hall–Kier alpha value is -6.82. The summed E-state index contributed by atoms with van der Waals surface area (Å²) in [7, 11) is 4.73. The minimum absolute atomic E-state index is 0.0171. The number of carbonyl (C=O) groups is 6. The lowest BCUT2D eigenvalue weighted by Crippen LogP contribution is -2.54. The molecule has 0 saturated carbocycles. The SMILES string of the molecule is CNC(=O)N1CCc2c(c(N3CCCc4cc(-c5cnn(C)c5)c(C(F)F)cc43)nn2C2CCN(C(=O)CCOCCOCCOCCOCCNc3ccc4c(c3)C(=O)N(C3CCC(=O)N(C)C3=O)C4=O)CC2)C1. The number of aryl methyl sites for hydroxylation is 2. The number of aromatic nitrogens is 4. The van der Waals surface area contributed by atoms with E-state index in [9.17, 15) is 37.5 Å². The van der Waals surface area contributed by atoms with Crippen LogP contribution < -0.4 is 15.5 Å². The zero-order valence-corrected chi connectivity index (χ0v) is 42.7. The molecule has 2 aromatic carbocycles. The van der Waals surface area contributed by atoms with Crippen LogP contribution in [0.5, 0.6) is 0 Å². The molecule has 21 nitrogen and oxygen atoms in total. The third-order valence-electron chi connectivity index (χ3n) is 14.6. The Bertz CT molecular complexity index is 2780. The van der Waals surface area contributed by atoms with E-state index in [4.69, 9.17) is 24.0 Å². The molecule has 75 heavy (non-hydrogen) atoms. The van der Waals surface area contributed by atoms with Crippen LogP contribution in [0.1, 0.15) is 94.1 Å². The van der Waals surface area contributed by atoms with Gasteiger partial charge in [-0.25, -0.2) is 13.6 Å². The lowest BCUT2D eigenvalue weighted by molar-refractivity contribution is -0.149. The van der Waals surface area contributed by atoms with Crippen molar-refractivity contribution >= 4 is 52.8 Å². The van der Waals surface area contributed by atoms with Crippen molar-refractivity contribution in [3.8, 4) is 11.1 Å². The van der Waals surface area contributed by atoms with Crippen LogP contribution >= 0.6 is 0 Å². The molecule has 0 bridgehead atoms. The first-order chi connectivity index (χ1) is 36.3. The van der Waals surface area contributed by atoms with E-state index < -0.39 is 30.2 Å². The fraction of sp³-hybridized carbons (Fsp3) is 0.538. The number of halogens is 2. The third kappa shape index (κ3) is 11.6. The summed E-state index contributed by atoms with van der Waals surface area (Å²) in [6, 6.07) is 7.14. The highest BCUT2D eigenvalue weighted by atomic mass is 19.3. The smallest absolute Gasteiger partial charge is 0.317 e. The van der Waals surface area contributed by atoms with Gasteiger partial charge in [0.1, 0.15) is 6.04 Å². The van der Waals surface area contributed by atoms with E-state index in [1.807, 2.05) is 11.0 Å². The summed E-state index contributed by atoms with van der Waals surface area (Å²) in [5, 5.41) is 15.4. The number of likely N-dealkylation sites (N-methyl/N-ethyl adjacent to an activating group) is 1. The predicted molar refractivity (Wildman–Crippen MR) is 269 cm³/mol. The van der Waals surface area contributed by atoms with E-state index in [1.54, 1.807) is 60.3 Å². The number of imide groups is 2. The lowest BCUT2D eigenvalue weighted by atomic mass is 9.92. The summed E-state index contributed by atoms with van der Waals surface area (Å²) in [6.45, 7) is 5.78. The second-order valence-electron chi connectivity index (χ2n) is 19.3. The van der Waals surface area contributed by atoms with Gasteiger partial charge in [0.25, 0.3) is 24.1 Å². The average Bonchev–Trinajstić information content (AvgIpc) is 4.11. The molecular formula is C52H65F2N11O10. The van der Waals surface area contributed by atoms with Gasteiger partial charge in [0, 0.05) is 107 Å². The number of hydrogen-bond acceptors (Lipinski definition) is 14. The maximum Gasteiger partial charge on any atom is 0.317 e. The van der Waals surface area contributed by atoms with Crippen molar-refractivity contribution in [2.75, 3.05) is 110 Å². The second-order valence-corrected chi connectivity index (χ2v) is 19.3. The van der Waals surface area contributed by atoms with Gasteiger partial charge in [-0.15, -0.1) is 0 Å². The molecule has 2 aromatic heterocycles. The third-order valence-corrected chi connectivity index (χ3v) is 14.6. The number of anilines is 3. The number of hydrogen-bond donors (Lipinski definition) is 2. The van der Waals surface area contributed by atoms with Crippen LogP contribution in [-0.2, 0) is 59.8 Å². The van der Waals surface area contributed by atoms with E-state index in [-0.39, 0.29) is 66.4 Å². The molecule has 23 heteroatoms. The van der Waals surface area contributed by atoms with Crippen molar-refractivity contribution in [2.45, 2.75) is 76.4 Å². The molecule has 2 saturated heterocycles. The van der Waals surface area contributed by atoms with Crippen LogP contribution in [-0.4, -0.2) is 180 Å². The Labute approximate surface area is 433 Å². The number of piperidine rings is 2. The van der Waals surface area contributed by atoms with Crippen LogP contribution in [0.2, 0.25) is 0 Å². The largest absolute Gasteiger partial charge is 0.383 e. The fourth-order valence-corrected chi connectivity index (χ4v) is 10.6. The summed E-state index contributed by atoms with van der Waals surface area (Å²) in [5.74, 6) is -1.30. The first kappa shape index (κ1) is 53.0. The lowest BCUT2D eigenvalue weighted by Gasteiger charge is -2.34. The number of amides is 7. The van der Waals surface area contributed by atoms with Crippen LogP contribution in [0.3, 0.4) is 0 Å². The minimum atomic E-state index is -2.70. The molecule has 1 unspecified atom stereocenters. The molecule has 9 rings (SSSR count). The van der Waals surface area contributed by atoms with Gasteiger partial charge in [0.15, 0.2) is 5.82 Å². The molecular weight excluding hydrogens is 977 g/mol. The quantitative estimate of drug-likeness (QED) is 0.0870. The molecule has 4 aromatic rings. The molecule has 0 aliphatic carbocycles. The standard InChI is InChI=1S/C52H65F2N11O10/c1-55-52(71)62-18-12-42-41(32-62)48(63-15-4-5-33-27-38(34-30-57-59(2)31-34)39(47(53)54)29-44(33)63)58-65(42)36-10-16-61(17-11-36)46(67)13-19-72-21-23-74-25-26-75-24-22-73-20-14-56-35-6-7-37-40(28-35)50(69)64(49(37)68)43-8-9-45(66)60(3)51(43)70/h6-7,27-31,36,43,47,56H,4-5,8-26,32H2,1-3H3,(H,55,71). The Morgan fingerprint density at radius 1 is 0.787 bits per heavy atom. The highest BCUT2D eigenvalue weighted by molar-refractivity contribution is 6.23. The highest BCUT2D eigenvalue weighted by Gasteiger charge is 2.46. The van der Waals surface area contributed by atoms with Gasteiger partial charge in [0.2, 0.25) is 11.8 Å². The van der Waals surface area contributed by atoms with E-state index in [2.05, 4.69) is 25.3 Å². The fourth-order valence-electron chi connectivity index (χ4n) is 10.6. The number of fused-ring (bicyclic) bond motifs is 3. The van der Waals surface area contributed by atoms with Gasteiger partial charge < -0.3 is 44.3 Å². The van der Waals surface area contributed by atoms with Crippen LogP contribution in [0.15, 0.2) is 42.7 Å².